The number of carbonyl (C=O) groups excluding carboxylic acids is 1. The maximum atomic E-state index is 12.4. The molecule has 1 amide bonds. The predicted molar refractivity (Wildman–Crippen MR) is 105 cm³/mol. The molecule has 1 aliphatic carbocycles. The molecule has 0 unspecified atom stereocenters. The van der Waals surface area contributed by atoms with Crippen molar-refractivity contribution >= 4 is 32.7 Å². The quantitative estimate of drug-likeness (QED) is 0.648. The molecule has 128 valence electrons. The summed E-state index contributed by atoms with van der Waals surface area (Å²) in [6.45, 7) is 2.85. The fourth-order valence-corrected chi connectivity index (χ4v) is 4.01. The van der Waals surface area contributed by atoms with Gasteiger partial charge in [-0.2, -0.15) is 0 Å². The molecule has 2 aromatic carbocycles. The lowest BCUT2D eigenvalue weighted by Gasteiger charge is -2.17. The standard InChI is InChI=1S/C21H21BrN2O/c1-14-20(17-4-2-3-5-18(17)24-14)21(10-11-21)13-23-19(25)12-15-6-8-16(22)9-7-15/h2-9,24H,10-13H2,1H3,(H,23,25). The van der Waals surface area contributed by atoms with Crippen LogP contribution in [0.3, 0.4) is 0 Å². The molecule has 4 rings (SSSR count). The molecule has 0 bridgehead atoms. The molecule has 1 fully saturated rings. The van der Waals surface area contributed by atoms with Crippen molar-refractivity contribution in [1.29, 1.82) is 0 Å². The highest BCUT2D eigenvalue weighted by atomic mass is 79.9. The number of carbonyl (C=O) groups is 1. The zero-order valence-electron chi connectivity index (χ0n) is 14.2. The van der Waals surface area contributed by atoms with E-state index in [1.54, 1.807) is 0 Å². The van der Waals surface area contributed by atoms with Crippen molar-refractivity contribution in [2.45, 2.75) is 31.6 Å². The van der Waals surface area contributed by atoms with E-state index in [1.165, 1.54) is 22.2 Å². The summed E-state index contributed by atoms with van der Waals surface area (Å²) in [5.74, 6) is 0.0890. The molecule has 2 N–H and O–H groups in total. The molecular formula is C21H21BrN2O. The van der Waals surface area contributed by atoms with Gasteiger partial charge in [0.05, 0.1) is 6.42 Å². The Kier molecular flexibility index (Phi) is 4.16. The molecule has 0 spiro atoms. The van der Waals surface area contributed by atoms with E-state index < -0.39 is 0 Å². The monoisotopic (exact) mass is 396 g/mol. The number of halogens is 1. The number of aryl methyl sites for hydroxylation is 1. The summed E-state index contributed by atoms with van der Waals surface area (Å²) in [5.41, 5.74) is 4.92. The van der Waals surface area contributed by atoms with Crippen molar-refractivity contribution < 1.29 is 4.79 Å². The number of amides is 1. The number of nitrogens with one attached hydrogen (secondary N) is 2. The van der Waals surface area contributed by atoms with E-state index in [1.807, 2.05) is 24.3 Å². The third kappa shape index (κ3) is 3.23. The normalized spacial score (nSPS) is 15.3. The molecule has 0 atom stereocenters. The van der Waals surface area contributed by atoms with E-state index >= 15 is 0 Å². The minimum absolute atomic E-state index is 0.0890. The zero-order chi connectivity index (χ0) is 17.4. The van der Waals surface area contributed by atoms with Crippen LogP contribution in [0.25, 0.3) is 10.9 Å². The van der Waals surface area contributed by atoms with Crippen molar-refractivity contribution in [1.82, 2.24) is 10.3 Å². The van der Waals surface area contributed by atoms with Gasteiger partial charge in [-0.05, 0) is 49.1 Å². The second kappa shape index (κ2) is 6.34. The molecule has 1 heterocycles. The number of aromatic nitrogens is 1. The molecule has 1 aliphatic rings. The topological polar surface area (TPSA) is 44.9 Å². The Bertz CT molecular complexity index is 923. The van der Waals surface area contributed by atoms with Gasteiger partial charge in [-0.3, -0.25) is 4.79 Å². The lowest BCUT2D eigenvalue weighted by atomic mass is 9.93. The van der Waals surface area contributed by atoms with Crippen LogP contribution >= 0.6 is 15.9 Å². The van der Waals surface area contributed by atoms with Gasteiger partial charge in [0.1, 0.15) is 0 Å². The van der Waals surface area contributed by atoms with Crippen LogP contribution in [0.2, 0.25) is 0 Å². The van der Waals surface area contributed by atoms with E-state index in [2.05, 4.69) is 57.4 Å². The second-order valence-electron chi connectivity index (χ2n) is 7.03. The van der Waals surface area contributed by atoms with Crippen molar-refractivity contribution in [3.63, 3.8) is 0 Å². The summed E-state index contributed by atoms with van der Waals surface area (Å²) in [6.07, 6.45) is 2.69. The molecule has 25 heavy (non-hydrogen) atoms. The summed E-state index contributed by atoms with van der Waals surface area (Å²) in [5, 5.41) is 4.46. The molecule has 3 aromatic rings. The number of para-hydroxylation sites is 1. The van der Waals surface area contributed by atoms with Gasteiger partial charge in [-0.1, -0.05) is 46.3 Å². The Morgan fingerprint density at radius 3 is 2.60 bits per heavy atom. The number of fused-ring (bicyclic) bond motifs is 1. The molecule has 1 aromatic heterocycles. The van der Waals surface area contributed by atoms with Crippen molar-refractivity contribution in [2.24, 2.45) is 0 Å². The maximum absolute atomic E-state index is 12.4. The Hall–Kier alpha value is -2.07. The third-order valence-electron chi connectivity index (χ3n) is 5.18. The summed E-state index contributed by atoms with van der Waals surface area (Å²) in [6, 6.07) is 16.4. The summed E-state index contributed by atoms with van der Waals surface area (Å²) >= 11 is 3.42. The Morgan fingerprint density at radius 2 is 1.88 bits per heavy atom. The van der Waals surface area contributed by atoms with Gasteiger partial charge >= 0.3 is 0 Å². The van der Waals surface area contributed by atoms with Gasteiger partial charge in [0.2, 0.25) is 5.91 Å². The SMILES string of the molecule is Cc1[nH]c2ccccc2c1C1(CNC(=O)Cc2ccc(Br)cc2)CC1. The van der Waals surface area contributed by atoms with Gasteiger partial charge in [0, 0.05) is 33.0 Å². The van der Waals surface area contributed by atoms with E-state index in [4.69, 9.17) is 0 Å². The van der Waals surface area contributed by atoms with Gasteiger partial charge in [0.25, 0.3) is 0 Å². The lowest BCUT2D eigenvalue weighted by molar-refractivity contribution is -0.120. The molecule has 0 saturated heterocycles. The average Bonchev–Trinajstić information content (AvgIpc) is 3.30. The third-order valence-corrected chi connectivity index (χ3v) is 5.71. The molecular weight excluding hydrogens is 376 g/mol. The highest BCUT2D eigenvalue weighted by Gasteiger charge is 2.46. The van der Waals surface area contributed by atoms with Crippen LogP contribution in [0.5, 0.6) is 0 Å². The smallest absolute Gasteiger partial charge is 0.224 e. The number of hydrogen-bond acceptors (Lipinski definition) is 1. The minimum Gasteiger partial charge on any atom is -0.358 e. The summed E-state index contributed by atoms with van der Waals surface area (Å²) in [7, 11) is 0. The maximum Gasteiger partial charge on any atom is 0.224 e. The van der Waals surface area contributed by atoms with Crippen LogP contribution in [-0.2, 0) is 16.6 Å². The van der Waals surface area contributed by atoms with E-state index in [0.29, 0.717) is 13.0 Å². The first-order chi connectivity index (χ1) is 12.1. The van der Waals surface area contributed by atoms with Crippen LogP contribution in [0, 0.1) is 6.92 Å². The number of aromatic amines is 1. The Morgan fingerprint density at radius 1 is 1.16 bits per heavy atom. The molecule has 3 nitrogen and oxygen atoms in total. The summed E-state index contributed by atoms with van der Waals surface area (Å²) in [4.78, 5) is 15.8. The summed E-state index contributed by atoms with van der Waals surface area (Å²) < 4.78 is 1.03. The first kappa shape index (κ1) is 16.4. The van der Waals surface area contributed by atoms with Gasteiger partial charge < -0.3 is 10.3 Å². The fraction of sp³-hybridized carbons (Fsp3) is 0.286. The van der Waals surface area contributed by atoms with Crippen LogP contribution in [0.4, 0.5) is 0 Å². The van der Waals surface area contributed by atoms with E-state index in [9.17, 15) is 4.79 Å². The molecule has 0 radical (unpaired) electrons. The van der Waals surface area contributed by atoms with Crippen LogP contribution in [0.1, 0.15) is 29.7 Å². The highest BCUT2D eigenvalue weighted by molar-refractivity contribution is 9.10. The largest absolute Gasteiger partial charge is 0.358 e. The molecule has 1 saturated carbocycles. The first-order valence-electron chi connectivity index (χ1n) is 8.66. The fourth-order valence-electron chi connectivity index (χ4n) is 3.74. The predicted octanol–water partition coefficient (Wildman–Crippen LogP) is 4.63. The zero-order valence-corrected chi connectivity index (χ0v) is 15.8. The van der Waals surface area contributed by atoms with E-state index in [0.717, 1.165) is 22.9 Å². The van der Waals surface area contributed by atoms with Crippen molar-refractivity contribution in [2.75, 3.05) is 6.54 Å². The van der Waals surface area contributed by atoms with E-state index in [-0.39, 0.29) is 11.3 Å². The lowest BCUT2D eigenvalue weighted by Crippen LogP contribution is -2.33. The van der Waals surface area contributed by atoms with Crippen molar-refractivity contribution in [3.8, 4) is 0 Å². The average molecular weight is 397 g/mol. The number of H-pyrrole nitrogens is 1. The molecule has 0 aliphatic heterocycles. The second-order valence-corrected chi connectivity index (χ2v) is 7.95. The molecule has 4 heteroatoms. The van der Waals surface area contributed by atoms with Crippen LogP contribution in [-0.4, -0.2) is 17.4 Å². The van der Waals surface area contributed by atoms with Crippen LogP contribution in [0.15, 0.2) is 53.0 Å². The Labute approximate surface area is 156 Å². The first-order valence-corrected chi connectivity index (χ1v) is 9.46. The van der Waals surface area contributed by atoms with Gasteiger partial charge in [0.15, 0.2) is 0 Å². The van der Waals surface area contributed by atoms with Crippen molar-refractivity contribution in [3.05, 3.63) is 69.8 Å². The minimum atomic E-state index is 0.0890. The van der Waals surface area contributed by atoms with Crippen LogP contribution < -0.4 is 5.32 Å². The Balaban J connectivity index is 1.47. The number of rotatable bonds is 5. The highest BCUT2D eigenvalue weighted by Crippen LogP contribution is 2.51. The number of hydrogen-bond donors (Lipinski definition) is 2. The number of benzene rings is 2. The van der Waals surface area contributed by atoms with Gasteiger partial charge in [-0.15, -0.1) is 0 Å². The van der Waals surface area contributed by atoms with Gasteiger partial charge in [-0.25, -0.2) is 0 Å².